The Bertz CT molecular complexity index is 631. The zero-order chi connectivity index (χ0) is 16.8. The van der Waals surface area contributed by atoms with Gasteiger partial charge in [-0.05, 0) is 30.8 Å². The molecule has 2 aromatic carbocycles. The first-order chi connectivity index (χ1) is 11.0. The second kappa shape index (κ2) is 7.94. The maximum Gasteiger partial charge on any atom is 0.127 e. The molecule has 0 fully saturated rings. The summed E-state index contributed by atoms with van der Waals surface area (Å²) in [6.45, 7) is 1.35. The average molecular weight is 318 g/mol. The van der Waals surface area contributed by atoms with Crippen LogP contribution in [-0.4, -0.2) is 32.7 Å². The maximum absolute atomic E-state index is 13.0. The smallest absolute Gasteiger partial charge is 0.127 e. The van der Waals surface area contributed by atoms with Crippen LogP contribution in [0, 0.1) is 5.82 Å². The number of ether oxygens (including phenoxy) is 2. The number of likely N-dealkylation sites (N-methyl/N-ethyl adjacent to an activating group) is 1. The van der Waals surface area contributed by atoms with E-state index in [0.29, 0.717) is 13.1 Å². The number of benzene rings is 2. The highest BCUT2D eigenvalue weighted by molar-refractivity contribution is 5.40. The van der Waals surface area contributed by atoms with Gasteiger partial charge in [-0.15, -0.1) is 0 Å². The summed E-state index contributed by atoms with van der Waals surface area (Å²) in [7, 11) is 5.26. The van der Waals surface area contributed by atoms with Crippen LogP contribution in [0.4, 0.5) is 4.39 Å². The van der Waals surface area contributed by atoms with Crippen LogP contribution in [0.1, 0.15) is 17.2 Å². The summed E-state index contributed by atoms with van der Waals surface area (Å²) in [6.07, 6.45) is 0. The van der Waals surface area contributed by atoms with E-state index in [4.69, 9.17) is 15.2 Å². The normalized spacial score (nSPS) is 12.3. The van der Waals surface area contributed by atoms with Gasteiger partial charge < -0.3 is 20.1 Å². The number of nitrogens with zero attached hydrogens (tertiary/aromatic N) is 1. The van der Waals surface area contributed by atoms with Crippen LogP contribution in [0.5, 0.6) is 11.5 Å². The van der Waals surface area contributed by atoms with Crippen molar-refractivity contribution in [1.29, 1.82) is 0 Å². The Morgan fingerprint density at radius 3 is 2.39 bits per heavy atom. The number of nitrogens with two attached hydrogens (primary N) is 1. The van der Waals surface area contributed by atoms with Crippen LogP contribution in [0.3, 0.4) is 0 Å². The molecule has 2 aromatic rings. The molecule has 0 spiro atoms. The van der Waals surface area contributed by atoms with E-state index in [1.54, 1.807) is 26.4 Å². The molecule has 0 aliphatic heterocycles. The first kappa shape index (κ1) is 17.2. The second-order valence-electron chi connectivity index (χ2n) is 5.53. The van der Waals surface area contributed by atoms with Crippen LogP contribution in [-0.2, 0) is 6.54 Å². The van der Waals surface area contributed by atoms with Crippen molar-refractivity contribution < 1.29 is 13.9 Å². The molecule has 5 heteroatoms. The maximum atomic E-state index is 13.0. The van der Waals surface area contributed by atoms with Crippen LogP contribution in [0.15, 0.2) is 42.5 Å². The first-order valence-corrected chi connectivity index (χ1v) is 7.44. The molecule has 0 bridgehead atoms. The molecule has 0 radical (unpaired) electrons. The molecule has 0 saturated carbocycles. The Hall–Kier alpha value is -2.11. The number of methoxy groups -OCH3 is 2. The highest BCUT2D eigenvalue weighted by atomic mass is 19.1. The summed E-state index contributed by atoms with van der Waals surface area (Å²) in [5.41, 5.74) is 8.17. The number of hydrogen-bond donors (Lipinski definition) is 1. The fourth-order valence-corrected chi connectivity index (χ4v) is 2.49. The molecule has 23 heavy (non-hydrogen) atoms. The lowest BCUT2D eigenvalue weighted by Gasteiger charge is -2.22. The zero-order valence-corrected chi connectivity index (χ0v) is 13.8. The van der Waals surface area contributed by atoms with Gasteiger partial charge in [0.05, 0.1) is 14.2 Å². The fourth-order valence-electron chi connectivity index (χ4n) is 2.49. The molecule has 0 heterocycles. The van der Waals surface area contributed by atoms with Crippen molar-refractivity contribution in [2.75, 3.05) is 27.8 Å². The number of rotatable bonds is 7. The van der Waals surface area contributed by atoms with E-state index in [1.807, 2.05) is 25.2 Å². The van der Waals surface area contributed by atoms with Gasteiger partial charge in [0.15, 0.2) is 0 Å². The van der Waals surface area contributed by atoms with Gasteiger partial charge in [-0.3, -0.25) is 0 Å². The fraction of sp³-hybridized carbons (Fsp3) is 0.333. The standard InChI is InChI=1S/C18H23FN2O2/c1-21(12-17(20)13-4-7-15(19)8-5-13)11-14-6-9-16(22-2)10-18(14)23-3/h4-10,17H,11-12,20H2,1-3H3. The molecule has 4 nitrogen and oxygen atoms in total. The molecule has 2 rings (SSSR count). The molecular weight excluding hydrogens is 295 g/mol. The largest absolute Gasteiger partial charge is 0.497 e. The highest BCUT2D eigenvalue weighted by Crippen LogP contribution is 2.25. The summed E-state index contributed by atoms with van der Waals surface area (Å²) in [5, 5.41) is 0. The summed E-state index contributed by atoms with van der Waals surface area (Å²) >= 11 is 0. The van der Waals surface area contributed by atoms with Gasteiger partial charge in [-0.25, -0.2) is 4.39 Å². The van der Waals surface area contributed by atoms with Gasteiger partial charge in [0.2, 0.25) is 0 Å². The van der Waals surface area contributed by atoms with Crippen molar-refractivity contribution >= 4 is 0 Å². The van der Waals surface area contributed by atoms with E-state index in [1.165, 1.54) is 12.1 Å². The van der Waals surface area contributed by atoms with Gasteiger partial charge in [0.25, 0.3) is 0 Å². The minimum Gasteiger partial charge on any atom is -0.497 e. The van der Waals surface area contributed by atoms with E-state index in [9.17, 15) is 4.39 Å². The highest BCUT2D eigenvalue weighted by Gasteiger charge is 2.12. The van der Waals surface area contributed by atoms with Crippen molar-refractivity contribution in [3.8, 4) is 11.5 Å². The topological polar surface area (TPSA) is 47.7 Å². The molecular formula is C18H23FN2O2. The van der Waals surface area contributed by atoms with Crippen LogP contribution >= 0.6 is 0 Å². The molecule has 0 aromatic heterocycles. The average Bonchev–Trinajstić information content (AvgIpc) is 2.55. The lowest BCUT2D eigenvalue weighted by Crippen LogP contribution is -2.28. The summed E-state index contributed by atoms with van der Waals surface area (Å²) in [5.74, 6) is 1.29. The molecule has 1 unspecified atom stereocenters. The SMILES string of the molecule is COc1ccc(CN(C)CC(N)c2ccc(F)cc2)c(OC)c1. The summed E-state index contributed by atoms with van der Waals surface area (Å²) in [4.78, 5) is 2.11. The van der Waals surface area contributed by atoms with E-state index >= 15 is 0 Å². The molecule has 2 N–H and O–H groups in total. The Labute approximate surface area is 136 Å². The monoisotopic (exact) mass is 318 g/mol. The number of halogens is 1. The molecule has 0 aliphatic rings. The van der Waals surface area contributed by atoms with Gasteiger partial charge in [0.1, 0.15) is 17.3 Å². The minimum atomic E-state index is -0.253. The van der Waals surface area contributed by atoms with Crippen molar-refractivity contribution in [3.05, 3.63) is 59.4 Å². The van der Waals surface area contributed by atoms with E-state index in [2.05, 4.69) is 4.90 Å². The number of hydrogen-bond acceptors (Lipinski definition) is 4. The van der Waals surface area contributed by atoms with Crippen LogP contribution in [0.25, 0.3) is 0 Å². The van der Waals surface area contributed by atoms with Gasteiger partial charge >= 0.3 is 0 Å². The van der Waals surface area contributed by atoms with E-state index in [0.717, 1.165) is 22.6 Å². The third kappa shape index (κ3) is 4.68. The van der Waals surface area contributed by atoms with E-state index < -0.39 is 0 Å². The summed E-state index contributed by atoms with van der Waals surface area (Å²) < 4.78 is 23.6. The van der Waals surface area contributed by atoms with Crippen molar-refractivity contribution in [3.63, 3.8) is 0 Å². The Balaban J connectivity index is 2.01. The van der Waals surface area contributed by atoms with Crippen molar-refractivity contribution in [2.45, 2.75) is 12.6 Å². The van der Waals surface area contributed by atoms with Gasteiger partial charge in [-0.1, -0.05) is 18.2 Å². The quantitative estimate of drug-likeness (QED) is 0.852. The molecule has 1 atom stereocenters. The third-order valence-corrected chi connectivity index (χ3v) is 3.74. The molecule has 124 valence electrons. The lowest BCUT2D eigenvalue weighted by atomic mass is 10.1. The first-order valence-electron chi connectivity index (χ1n) is 7.44. The van der Waals surface area contributed by atoms with Crippen LogP contribution in [0.2, 0.25) is 0 Å². The lowest BCUT2D eigenvalue weighted by molar-refractivity contribution is 0.297. The van der Waals surface area contributed by atoms with Crippen LogP contribution < -0.4 is 15.2 Å². The Morgan fingerprint density at radius 2 is 1.78 bits per heavy atom. The predicted octanol–water partition coefficient (Wildman–Crippen LogP) is 2.97. The predicted molar refractivity (Wildman–Crippen MR) is 89.2 cm³/mol. The molecule has 0 aliphatic carbocycles. The second-order valence-corrected chi connectivity index (χ2v) is 5.53. The Kier molecular flexibility index (Phi) is 5.96. The van der Waals surface area contributed by atoms with Crippen molar-refractivity contribution in [2.24, 2.45) is 5.73 Å². The van der Waals surface area contributed by atoms with Gasteiger partial charge in [-0.2, -0.15) is 0 Å². The van der Waals surface area contributed by atoms with Gasteiger partial charge in [0, 0.05) is 30.8 Å². The van der Waals surface area contributed by atoms with E-state index in [-0.39, 0.29) is 11.9 Å². The summed E-state index contributed by atoms with van der Waals surface area (Å²) in [6, 6.07) is 11.9. The van der Waals surface area contributed by atoms with Crippen molar-refractivity contribution in [1.82, 2.24) is 4.90 Å². The Morgan fingerprint density at radius 1 is 1.09 bits per heavy atom. The molecule has 0 saturated heterocycles. The third-order valence-electron chi connectivity index (χ3n) is 3.74. The zero-order valence-electron chi connectivity index (χ0n) is 13.8. The molecule has 0 amide bonds. The minimum absolute atomic E-state index is 0.176.